The molecule has 0 N–H and O–H groups in total. The molecular weight excluding hydrogens is 342 g/mol. The van der Waals surface area contributed by atoms with E-state index in [1.54, 1.807) is 11.1 Å². The molecule has 2 aromatic heterocycles. The van der Waals surface area contributed by atoms with Crippen LogP contribution in [0.25, 0.3) is 0 Å². The predicted molar refractivity (Wildman–Crippen MR) is 123 cm³/mol. The molecule has 0 spiro atoms. The zero-order valence-electron chi connectivity index (χ0n) is 20.5. The van der Waals surface area contributed by atoms with Gasteiger partial charge in [-0.1, -0.05) is 11.1 Å². The summed E-state index contributed by atoms with van der Waals surface area (Å²) in [5.74, 6) is 0. The minimum atomic E-state index is 1.13. The van der Waals surface area contributed by atoms with Crippen LogP contribution in [0, 0.1) is 48.5 Å². The van der Waals surface area contributed by atoms with Gasteiger partial charge in [0.1, 0.15) is 0 Å². The second-order valence-corrected chi connectivity index (χ2v) is 8.39. The van der Waals surface area contributed by atoms with Crippen molar-refractivity contribution in [2.45, 2.75) is 82.6 Å². The summed E-state index contributed by atoms with van der Waals surface area (Å²) < 4.78 is 4.15. The monoisotopic (exact) mass is 383 g/mol. The first-order chi connectivity index (χ1) is 12.8. The zero-order chi connectivity index (χ0) is 21.9. The van der Waals surface area contributed by atoms with Crippen molar-refractivity contribution in [2.24, 2.45) is 14.1 Å². The van der Waals surface area contributed by atoms with Crippen molar-refractivity contribution < 1.29 is 0 Å². The molecule has 0 radical (unpaired) electrons. The summed E-state index contributed by atoms with van der Waals surface area (Å²) in [7, 11) is 4.08. The van der Waals surface area contributed by atoms with Crippen molar-refractivity contribution in [3.63, 3.8) is 0 Å². The molecule has 1 aliphatic rings. The molecule has 0 saturated heterocycles. The van der Waals surface area contributed by atoms with Gasteiger partial charge in [0, 0.05) is 31.2 Å². The third kappa shape index (κ3) is 5.06. The van der Waals surface area contributed by atoms with E-state index in [1.807, 2.05) is 18.7 Å². The molecule has 0 aromatic carbocycles. The zero-order valence-corrected chi connectivity index (χ0v) is 20.5. The standard InChI is InChI=1S/C9H15N.C9H14.C7H12N2/c1-6-7(2)9(4)10(5)8(6)3;1-6-5-7(2)9(4)8(6)3;1-5-6(2)8-9(4)7(5)3/h1-5H3;5H2,1-4H3;1-4H3. The van der Waals surface area contributed by atoms with Crippen LogP contribution < -0.4 is 0 Å². The minimum absolute atomic E-state index is 1.13. The summed E-state index contributed by atoms with van der Waals surface area (Å²) in [5.41, 5.74) is 15.4. The van der Waals surface area contributed by atoms with Crippen LogP contribution in [0.2, 0.25) is 0 Å². The van der Waals surface area contributed by atoms with Gasteiger partial charge in [-0.05, 0) is 110 Å². The Labute approximate surface area is 173 Å². The van der Waals surface area contributed by atoms with Crippen molar-refractivity contribution in [1.29, 1.82) is 0 Å². The summed E-state index contributed by atoms with van der Waals surface area (Å²) in [6.07, 6.45) is 1.21. The lowest BCUT2D eigenvalue weighted by molar-refractivity contribution is 0.730. The molecule has 2 aromatic rings. The third-order valence-corrected chi connectivity index (χ3v) is 6.90. The second-order valence-electron chi connectivity index (χ2n) is 8.39. The SMILES string of the molecule is CC1=C(C)C(C)=C(C)C1.Cc1c(C)c(C)n(C)c1C.Cc1nn(C)c(C)c1C. The van der Waals surface area contributed by atoms with Crippen LogP contribution in [0.3, 0.4) is 0 Å². The van der Waals surface area contributed by atoms with Gasteiger partial charge in [0.05, 0.1) is 5.69 Å². The highest BCUT2D eigenvalue weighted by Gasteiger charge is 2.10. The number of aryl methyl sites for hydroxylation is 2. The van der Waals surface area contributed by atoms with Crippen LogP contribution in [-0.4, -0.2) is 14.3 Å². The van der Waals surface area contributed by atoms with E-state index in [4.69, 9.17) is 0 Å². The van der Waals surface area contributed by atoms with Gasteiger partial charge >= 0.3 is 0 Å². The van der Waals surface area contributed by atoms with Crippen molar-refractivity contribution in [3.8, 4) is 0 Å². The van der Waals surface area contributed by atoms with Crippen molar-refractivity contribution in [2.75, 3.05) is 0 Å². The van der Waals surface area contributed by atoms with Gasteiger partial charge in [0.2, 0.25) is 0 Å². The molecule has 2 heterocycles. The summed E-state index contributed by atoms with van der Waals surface area (Å²) in [6.45, 7) is 23.7. The Hall–Kier alpha value is -2.03. The van der Waals surface area contributed by atoms with E-state index in [9.17, 15) is 0 Å². The Balaban J connectivity index is 0.000000210. The molecule has 0 bridgehead atoms. The van der Waals surface area contributed by atoms with E-state index in [2.05, 4.69) is 86.0 Å². The predicted octanol–water partition coefficient (Wildman–Crippen LogP) is 6.67. The first-order valence-electron chi connectivity index (χ1n) is 10.2. The first-order valence-corrected chi connectivity index (χ1v) is 10.2. The molecule has 0 saturated carbocycles. The molecule has 28 heavy (non-hydrogen) atoms. The maximum absolute atomic E-state index is 4.23. The average Bonchev–Trinajstić information content (AvgIpc) is 3.08. The number of allylic oxidation sites excluding steroid dienone is 4. The van der Waals surface area contributed by atoms with Gasteiger partial charge in [-0.2, -0.15) is 5.10 Å². The fraction of sp³-hybridized carbons (Fsp3) is 0.560. The van der Waals surface area contributed by atoms with Gasteiger partial charge in [-0.15, -0.1) is 0 Å². The van der Waals surface area contributed by atoms with Crippen molar-refractivity contribution in [3.05, 3.63) is 61.8 Å². The molecule has 0 fully saturated rings. The number of nitrogens with zero attached hydrogens (tertiary/aromatic N) is 3. The van der Waals surface area contributed by atoms with Gasteiger partial charge in [0.25, 0.3) is 0 Å². The molecule has 3 nitrogen and oxygen atoms in total. The first kappa shape index (κ1) is 24.0. The maximum Gasteiger partial charge on any atom is 0.0625 e. The number of hydrogen-bond donors (Lipinski definition) is 0. The quantitative estimate of drug-likeness (QED) is 0.498. The van der Waals surface area contributed by atoms with Crippen molar-refractivity contribution in [1.82, 2.24) is 14.3 Å². The van der Waals surface area contributed by atoms with E-state index >= 15 is 0 Å². The summed E-state index contributed by atoms with van der Waals surface area (Å²) in [5, 5.41) is 4.23. The fourth-order valence-corrected chi connectivity index (χ4v) is 3.48. The topological polar surface area (TPSA) is 22.8 Å². The van der Waals surface area contributed by atoms with Gasteiger partial charge in [-0.3, -0.25) is 4.68 Å². The van der Waals surface area contributed by atoms with E-state index in [0.717, 1.165) is 5.69 Å². The van der Waals surface area contributed by atoms with Crippen LogP contribution in [0.1, 0.15) is 73.6 Å². The Kier molecular flexibility index (Phi) is 8.10. The number of aromatic nitrogens is 3. The molecular formula is C25H41N3. The largest absolute Gasteiger partial charge is 0.352 e. The van der Waals surface area contributed by atoms with Crippen LogP contribution in [-0.2, 0) is 14.1 Å². The Bertz CT molecular complexity index is 790. The lowest BCUT2D eigenvalue weighted by Crippen LogP contribution is -1.92. The second kappa shape index (κ2) is 9.45. The lowest BCUT2D eigenvalue weighted by Gasteiger charge is -1.98. The number of rotatable bonds is 0. The minimum Gasteiger partial charge on any atom is -0.352 e. The van der Waals surface area contributed by atoms with Crippen LogP contribution in [0.4, 0.5) is 0 Å². The van der Waals surface area contributed by atoms with E-state index in [1.165, 1.54) is 51.3 Å². The molecule has 1 aliphatic carbocycles. The van der Waals surface area contributed by atoms with E-state index < -0.39 is 0 Å². The van der Waals surface area contributed by atoms with Crippen molar-refractivity contribution >= 4 is 0 Å². The summed E-state index contributed by atoms with van der Waals surface area (Å²) >= 11 is 0. The summed E-state index contributed by atoms with van der Waals surface area (Å²) in [4.78, 5) is 0. The smallest absolute Gasteiger partial charge is 0.0625 e. The normalized spacial score (nSPS) is 13.5. The Morgan fingerprint density at radius 2 is 0.964 bits per heavy atom. The van der Waals surface area contributed by atoms with Gasteiger partial charge in [0.15, 0.2) is 0 Å². The molecule has 156 valence electrons. The molecule has 3 heteroatoms. The maximum atomic E-state index is 4.23. The molecule has 3 rings (SSSR count). The molecule has 0 amide bonds. The van der Waals surface area contributed by atoms with Crippen LogP contribution in [0.5, 0.6) is 0 Å². The molecule has 0 atom stereocenters. The van der Waals surface area contributed by atoms with Gasteiger partial charge in [-0.25, -0.2) is 0 Å². The van der Waals surface area contributed by atoms with Crippen LogP contribution in [0.15, 0.2) is 22.3 Å². The van der Waals surface area contributed by atoms with Gasteiger partial charge < -0.3 is 4.57 Å². The van der Waals surface area contributed by atoms with Crippen LogP contribution >= 0.6 is 0 Å². The van der Waals surface area contributed by atoms with E-state index in [0.29, 0.717) is 0 Å². The third-order valence-electron chi connectivity index (χ3n) is 6.90. The number of hydrogen-bond acceptors (Lipinski definition) is 1. The lowest BCUT2D eigenvalue weighted by atomic mass is 10.1. The Morgan fingerprint density at radius 1 is 0.571 bits per heavy atom. The fourth-order valence-electron chi connectivity index (χ4n) is 3.48. The average molecular weight is 384 g/mol. The van der Waals surface area contributed by atoms with E-state index in [-0.39, 0.29) is 0 Å². The molecule has 0 unspecified atom stereocenters. The highest BCUT2D eigenvalue weighted by molar-refractivity contribution is 5.43. The highest BCUT2D eigenvalue weighted by Crippen LogP contribution is 2.30. The summed E-state index contributed by atoms with van der Waals surface area (Å²) in [6, 6.07) is 0. The Morgan fingerprint density at radius 3 is 1.07 bits per heavy atom. The molecule has 0 aliphatic heterocycles. The highest BCUT2D eigenvalue weighted by atomic mass is 15.3.